The molecule has 7 nitrogen and oxygen atoms in total. The van der Waals surface area contributed by atoms with Gasteiger partial charge in [0.15, 0.2) is 0 Å². The molecule has 5 N–H and O–H groups in total. The maximum absolute atomic E-state index is 11.8. The molecular formula is C12H23N3O4S. The van der Waals surface area contributed by atoms with Crippen LogP contribution in [-0.4, -0.2) is 53.5 Å². The minimum atomic E-state index is -1.00. The van der Waals surface area contributed by atoms with Crippen molar-refractivity contribution in [2.24, 2.45) is 5.73 Å². The second-order valence-electron chi connectivity index (χ2n) is 4.08. The van der Waals surface area contributed by atoms with Crippen molar-refractivity contribution in [3.63, 3.8) is 0 Å². The van der Waals surface area contributed by atoms with Crippen LogP contribution in [0.1, 0.15) is 26.2 Å². The fourth-order valence-corrected chi connectivity index (χ4v) is 2.05. The first-order valence-corrected chi connectivity index (χ1v) is 7.73. The van der Waals surface area contributed by atoms with Crippen LogP contribution in [0.5, 0.6) is 0 Å². The fraction of sp³-hybridized carbons (Fsp3) is 0.750. The SMILES string of the molecule is CCSCCC(=O)N[C@@H](CCC(=O)O)C(=O)NCCN. The molecule has 20 heavy (non-hydrogen) atoms. The Morgan fingerprint density at radius 3 is 2.55 bits per heavy atom. The number of nitrogens with two attached hydrogens (primary N) is 1. The Kier molecular flexibility index (Phi) is 10.8. The molecule has 0 saturated carbocycles. The molecule has 0 aliphatic heterocycles. The molecule has 0 aromatic carbocycles. The normalized spacial score (nSPS) is 11.7. The lowest BCUT2D eigenvalue weighted by Crippen LogP contribution is -2.48. The Balaban J connectivity index is 4.31. The number of hydrogen-bond donors (Lipinski definition) is 4. The predicted molar refractivity (Wildman–Crippen MR) is 78.5 cm³/mol. The van der Waals surface area contributed by atoms with Gasteiger partial charge in [-0.1, -0.05) is 6.92 Å². The monoisotopic (exact) mass is 305 g/mol. The summed E-state index contributed by atoms with van der Waals surface area (Å²) >= 11 is 1.63. The number of carboxylic acid groups (broad SMARTS) is 1. The van der Waals surface area contributed by atoms with Crippen molar-refractivity contribution in [1.82, 2.24) is 10.6 Å². The van der Waals surface area contributed by atoms with Gasteiger partial charge in [-0.3, -0.25) is 14.4 Å². The number of carbonyl (C=O) groups excluding carboxylic acids is 2. The number of thioether (sulfide) groups is 1. The van der Waals surface area contributed by atoms with Gasteiger partial charge in [-0.05, 0) is 12.2 Å². The van der Waals surface area contributed by atoms with E-state index in [1.54, 1.807) is 11.8 Å². The quantitative estimate of drug-likeness (QED) is 0.384. The highest BCUT2D eigenvalue weighted by atomic mass is 32.2. The lowest BCUT2D eigenvalue weighted by atomic mass is 10.1. The van der Waals surface area contributed by atoms with E-state index in [9.17, 15) is 14.4 Å². The number of nitrogens with one attached hydrogen (secondary N) is 2. The number of amides is 2. The smallest absolute Gasteiger partial charge is 0.303 e. The zero-order valence-electron chi connectivity index (χ0n) is 11.7. The summed E-state index contributed by atoms with van der Waals surface area (Å²) in [5, 5.41) is 13.8. The van der Waals surface area contributed by atoms with E-state index >= 15 is 0 Å². The molecule has 0 radical (unpaired) electrons. The van der Waals surface area contributed by atoms with Gasteiger partial charge in [-0.25, -0.2) is 0 Å². The zero-order chi connectivity index (χ0) is 15.4. The first-order valence-electron chi connectivity index (χ1n) is 6.57. The molecule has 0 spiro atoms. The molecule has 0 aliphatic rings. The van der Waals surface area contributed by atoms with E-state index in [0.717, 1.165) is 5.75 Å². The molecular weight excluding hydrogens is 282 g/mol. The van der Waals surface area contributed by atoms with Gasteiger partial charge in [0.05, 0.1) is 0 Å². The maximum atomic E-state index is 11.8. The average molecular weight is 305 g/mol. The number of rotatable bonds is 11. The highest BCUT2D eigenvalue weighted by Crippen LogP contribution is 2.03. The summed E-state index contributed by atoms with van der Waals surface area (Å²) in [6.07, 6.45) is 0.204. The molecule has 0 heterocycles. The Labute approximate surface area is 123 Å². The summed E-state index contributed by atoms with van der Waals surface area (Å²) in [4.78, 5) is 34.0. The highest BCUT2D eigenvalue weighted by molar-refractivity contribution is 7.99. The minimum absolute atomic E-state index is 0.0679. The summed E-state index contributed by atoms with van der Waals surface area (Å²) in [7, 11) is 0. The number of carboxylic acids is 1. The zero-order valence-corrected chi connectivity index (χ0v) is 12.5. The third-order valence-corrected chi connectivity index (χ3v) is 3.32. The van der Waals surface area contributed by atoms with Crippen LogP contribution in [0.15, 0.2) is 0 Å². The summed E-state index contributed by atoms with van der Waals surface area (Å²) in [5.41, 5.74) is 5.28. The van der Waals surface area contributed by atoms with Crippen molar-refractivity contribution in [3.05, 3.63) is 0 Å². The van der Waals surface area contributed by atoms with E-state index in [2.05, 4.69) is 10.6 Å². The predicted octanol–water partition coefficient (Wildman–Crippen LogP) is -0.446. The number of hydrogen-bond acceptors (Lipinski definition) is 5. The summed E-state index contributed by atoms with van der Waals surface area (Å²) in [6.45, 7) is 2.58. The molecule has 0 bridgehead atoms. The Morgan fingerprint density at radius 1 is 1.30 bits per heavy atom. The standard InChI is InChI=1S/C12H23N3O4S/c1-2-20-8-5-10(16)15-9(3-4-11(17)18)12(19)14-7-6-13/h9H,2-8,13H2,1H3,(H,14,19)(H,15,16)(H,17,18)/t9-/m0/s1. The molecule has 0 aliphatic carbocycles. The first kappa shape index (κ1) is 18.7. The Bertz CT molecular complexity index is 326. The van der Waals surface area contributed by atoms with E-state index in [-0.39, 0.29) is 18.7 Å². The van der Waals surface area contributed by atoms with Crippen LogP contribution in [0.2, 0.25) is 0 Å². The molecule has 0 unspecified atom stereocenters. The molecule has 8 heteroatoms. The van der Waals surface area contributed by atoms with Gasteiger partial charge >= 0.3 is 5.97 Å². The van der Waals surface area contributed by atoms with E-state index < -0.39 is 17.9 Å². The minimum Gasteiger partial charge on any atom is -0.481 e. The summed E-state index contributed by atoms with van der Waals surface area (Å²) in [5.74, 6) is -0.0414. The van der Waals surface area contributed by atoms with Gasteiger partial charge in [0.2, 0.25) is 11.8 Å². The van der Waals surface area contributed by atoms with Crippen LogP contribution < -0.4 is 16.4 Å². The van der Waals surface area contributed by atoms with Crippen molar-refractivity contribution >= 4 is 29.5 Å². The number of aliphatic carboxylic acids is 1. The van der Waals surface area contributed by atoms with E-state index in [4.69, 9.17) is 10.8 Å². The van der Waals surface area contributed by atoms with Gasteiger partial charge < -0.3 is 21.5 Å². The van der Waals surface area contributed by atoms with Crippen LogP contribution in [0.4, 0.5) is 0 Å². The lowest BCUT2D eigenvalue weighted by Gasteiger charge is -2.17. The third-order valence-electron chi connectivity index (χ3n) is 2.42. The highest BCUT2D eigenvalue weighted by Gasteiger charge is 2.21. The molecule has 116 valence electrons. The Hall–Kier alpha value is -1.28. The number of carbonyl (C=O) groups is 3. The second-order valence-corrected chi connectivity index (χ2v) is 5.47. The van der Waals surface area contributed by atoms with Crippen molar-refractivity contribution in [2.75, 3.05) is 24.6 Å². The van der Waals surface area contributed by atoms with Gasteiger partial charge in [0, 0.05) is 31.7 Å². The van der Waals surface area contributed by atoms with E-state index in [1.807, 2.05) is 6.92 Å². The second kappa shape index (κ2) is 11.5. The topological polar surface area (TPSA) is 122 Å². The van der Waals surface area contributed by atoms with E-state index in [1.165, 1.54) is 0 Å². The average Bonchev–Trinajstić information content (AvgIpc) is 2.40. The van der Waals surface area contributed by atoms with Gasteiger partial charge in [0.25, 0.3) is 0 Å². The van der Waals surface area contributed by atoms with Crippen LogP contribution in [-0.2, 0) is 14.4 Å². The van der Waals surface area contributed by atoms with Gasteiger partial charge in [-0.15, -0.1) is 0 Å². The van der Waals surface area contributed by atoms with Gasteiger partial charge in [-0.2, -0.15) is 11.8 Å². The summed E-state index contributed by atoms with van der Waals surface area (Å²) in [6, 6.07) is -0.822. The van der Waals surface area contributed by atoms with Gasteiger partial charge in [0.1, 0.15) is 6.04 Å². The first-order chi connectivity index (χ1) is 9.51. The third kappa shape index (κ3) is 9.62. The molecule has 1 atom stereocenters. The van der Waals surface area contributed by atoms with Crippen molar-refractivity contribution in [3.8, 4) is 0 Å². The molecule has 0 rings (SSSR count). The van der Waals surface area contributed by atoms with Crippen LogP contribution >= 0.6 is 11.8 Å². The largest absolute Gasteiger partial charge is 0.481 e. The van der Waals surface area contributed by atoms with Crippen molar-refractivity contribution in [2.45, 2.75) is 32.2 Å². The molecule has 0 saturated heterocycles. The van der Waals surface area contributed by atoms with E-state index in [0.29, 0.717) is 25.3 Å². The maximum Gasteiger partial charge on any atom is 0.303 e. The fourth-order valence-electron chi connectivity index (χ4n) is 1.43. The molecule has 0 aromatic rings. The van der Waals surface area contributed by atoms with Crippen molar-refractivity contribution < 1.29 is 19.5 Å². The Morgan fingerprint density at radius 2 is 2.00 bits per heavy atom. The molecule has 2 amide bonds. The summed E-state index contributed by atoms with van der Waals surface area (Å²) < 4.78 is 0. The lowest BCUT2D eigenvalue weighted by molar-refractivity contribution is -0.138. The van der Waals surface area contributed by atoms with Crippen molar-refractivity contribution in [1.29, 1.82) is 0 Å². The molecule has 0 fully saturated rings. The van der Waals surface area contributed by atoms with Crippen LogP contribution in [0.25, 0.3) is 0 Å². The molecule has 0 aromatic heterocycles. The van der Waals surface area contributed by atoms with Crippen LogP contribution in [0, 0.1) is 0 Å². The van der Waals surface area contributed by atoms with Crippen LogP contribution in [0.3, 0.4) is 0 Å².